The lowest BCUT2D eigenvalue weighted by molar-refractivity contribution is 0.598. The zero-order valence-corrected chi connectivity index (χ0v) is 11.1. The number of benzene rings is 1. The fourth-order valence-corrected chi connectivity index (χ4v) is 2.05. The van der Waals surface area contributed by atoms with E-state index in [4.69, 9.17) is 10.4 Å². The van der Waals surface area contributed by atoms with Gasteiger partial charge in [0, 0.05) is 6.54 Å². The van der Waals surface area contributed by atoms with Crippen LogP contribution in [0.3, 0.4) is 0 Å². The summed E-state index contributed by atoms with van der Waals surface area (Å²) in [6, 6.07) is 9.67. The van der Waals surface area contributed by atoms with Gasteiger partial charge in [0.2, 0.25) is 10.0 Å². The number of primary sulfonamides is 1. The molecule has 1 aromatic heterocycles. The van der Waals surface area contributed by atoms with E-state index in [-0.39, 0.29) is 4.90 Å². The smallest absolute Gasteiger partial charge is 0.238 e. The first-order chi connectivity index (χ1) is 9.50. The van der Waals surface area contributed by atoms with Crippen LogP contribution in [-0.2, 0) is 16.6 Å². The number of aromatic nitrogens is 2. The molecule has 0 aliphatic rings. The summed E-state index contributed by atoms with van der Waals surface area (Å²) in [6.45, 7) is 0.387. The fraction of sp³-hybridized carbons (Fsp3) is 0.0833. The Hall–Kier alpha value is -2.50. The normalized spacial score (nSPS) is 10.8. The highest BCUT2D eigenvalue weighted by Crippen LogP contribution is 2.12. The number of anilines is 1. The van der Waals surface area contributed by atoms with Gasteiger partial charge in [-0.05, 0) is 23.8 Å². The Morgan fingerprint density at radius 2 is 1.95 bits per heavy atom. The Kier molecular flexibility index (Phi) is 3.93. The van der Waals surface area contributed by atoms with E-state index in [2.05, 4.69) is 15.5 Å². The van der Waals surface area contributed by atoms with Crippen LogP contribution < -0.4 is 10.5 Å². The van der Waals surface area contributed by atoms with E-state index >= 15 is 0 Å². The molecular formula is C12H11N5O2S. The second kappa shape index (κ2) is 5.64. The van der Waals surface area contributed by atoms with Crippen molar-refractivity contribution in [2.24, 2.45) is 5.14 Å². The van der Waals surface area contributed by atoms with Gasteiger partial charge in [-0.1, -0.05) is 12.1 Å². The molecule has 20 heavy (non-hydrogen) atoms. The maximum Gasteiger partial charge on any atom is 0.238 e. The first-order valence-corrected chi connectivity index (χ1v) is 7.13. The molecule has 2 aromatic rings. The summed E-state index contributed by atoms with van der Waals surface area (Å²) < 4.78 is 22.2. The molecule has 1 aromatic carbocycles. The molecule has 3 N–H and O–H groups in total. The van der Waals surface area contributed by atoms with Crippen molar-refractivity contribution in [3.63, 3.8) is 0 Å². The van der Waals surface area contributed by atoms with E-state index in [1.807, 2.05) is 6.07 Å². The Bertz CT molecular complexity index is 750. The van der Waals surface area contributed by atoms with Crippen molar-refractivity contribution >= 4 is 15.8 Å². The van der Waals surface area contributed by atoms with Gasteiger partial charge in [0.25, 0.3) is 0 Å². The van der Waals surface area contributed by atoms with Crippen molar-refractivity contribution in [1.29, 1.82) is 5.26 Å². The lowest BCUT2D eigenvalue weighted by atomic mass is 10.2. The third-order valence-electron chi connectivity index (χ3n) is 2.55. The van der Waals surface area contributed by atoms with Gasteiger partial charge < -0.3 is 5.32 Å². The van der Waals surface area contributed by atoms with Crippen molar-refractivity contribution in [1.82, 2.24) is 10.2 Å². The van der Waals surface area contributed by atoms with Crippen molar-refractivity contribution < 1.29 is 8.42 Å². The summed E-state index contributed by atoms with van der Waals surface area (Å²) in [4.78, 5) is 0.0541. The number of hydrogen-bond donors (Lipinski definition) is 2. The molecule has 7 nitrogen and oxygen atoms in total. The summed E-state index contributed by atoms with van der Waals surface area (Å²) in [5.41, 5.74) is 1.22. The third kappa shape index (κ3) is 3.28. The van der Waals surface area contributed by atoms with E-state index in [1.165, 1.54) is 18.3 Å². The van der Waals surface area contributed by atoms with Crippen LogP contribution in [0.1, 0.15) is 11.1 Å². The highest BCUT2D eigenvalue weighted by atomic mass is 32.2. The van der Waals surface area contributed by atoms with Crippen LogP contribution in [0.4, 0.5) is 5.82 Å². The lowest BCUT2D eigenvalue weighted by Gasteiger charge is -2.06. The van der Waals surface area contributed by atoms with Gasteiger partial charge in [-0.2, -0.15) is 10.4 Å². The second-order valence-corrected chi connectivity index (χ2v) is 5.51. The predicted molar refractivity (Wildman–Crippen MR) is 71.9 cm³/mol. The van der Waals surface area contributed by atoms with Crippen molar-refractivity contribution in [2.75, 3.05) is 5.32 Å². The zero-order valence-electron chi connectivity index (χ0n) is 10.3. The molecule has 0 spiro atoms. The largest absolute Gasteiger partial charge is 0.363 e. The van der Waals surface area contributed by atoms with Crippen LogP contribution in [0.2, 0.25) is 0 Å². The second-order valence-electron chi connectivity index (χ2n) is 3.95. The van der Waals surface area contributed by atoms with E-state index in [0.29, 0.717) is 17.9 Å². The summed E-state index contributed by atoms with van der Waals surface area (Å²) in [5, 5.41) is 24.4. The summed E-state index contributed by atoms with van der Waals surface area (Å²) >= 11 is 0. The van der Waals surface area contributed by atoms with Gasteiger partial charge in [0.05, 0.1) is 16.7 Å². The Labute approximate surface area is 116 Å². The van der Waals surface area contributed by atoms with E-state index in [0.717, 1.165) is 5.56 Å². The molecule has 2 rings (SSSR count). The van der Waals surface area contributed by atoms with Crippen molar-refractivity contribution in [3.8, 4) is 6.07 Å². The molecule has 0 amide bonds. The third-order valence-corrected chi connectivity index (χ3v) is 3.48. The molecule has 0 bridgehead atoms. The topological polar surface area (TPSA) is 122 Å². The predicted octanol–water partition coefficient (Wildman–Crippen LogP) is 0.608. The van der Waals surface area contributed by atoms with E-state index in [1.54, 1.807) is 18.2 Å². The average molecular weight is 289 g/mol. The van der Waals surface area contributed by atoms with Gasteiger partial charge in [0.15, 0.2) is 5.82 Å². The van der Waals surface area contributed by atoms with Crippen LogP contribution >= 0.6 is 0 Å². The molecule has 0 fully saturated rings. The van der Waals surface area contributed by atoms with Crippen molar-refractivity contribution in [2.45, 2.75) is 11.4 Å². The SMILES string of the molecule is N#Cc1ccnnc1NCc1ccc(S(N)(=O)=O)cc1. The molecular weight excluding hydrogens is 278 g/mol. The van der Waals surface area contributed by atoms with Gasteiger partial charge in [-0.3, -0.25) is 0 Å². The highest BCUT2D eigenvalue weighted by Gasteiger charge is 2.07. The number of nitrogens with one attached hydrogen (secondary N) is 1. The lowest BCUT2D eigenvalue weighted by Crippen LogP contribution is -2.12. The number of rotatable bonds is 4. The van der Waals surface area contributed by atoms with Gasteiger partial charge in [-0.15, -0.1) is 5.10 Å². The standard InChI is InChI=1S/C12H11N5O2S/c13-7-10-5-6-16-17-12(10)15-8-9-1-3-11(4-2-9)20(14,18)19/h1-6H,8H2,(H,15,17)(H2,14,18,19). The Morgan fingerprint density at radius 1 is 1.25 bits per heavy atom. The van der Waals surface area contributed by atoms with Crippen LogP contribution in [0, 0.1) is 11.3 Å². The monoisotopic (exact) mass is 289 g/mol. The number of sulfonamides is 1. The van der Waals surface area contributed by atoms with Crippen LogP contribution in [0.15, 0.2) is 41.4 Å². The number of nitrogens with zero attached hydrogens (tertiary/aromatic N) is 3. The molecule has 0 unspecified atom stereocenters. The average Bonchev–Trinajstić information content (AvgIpc) is 2.45. The van der Waals surface area contributed by atoms with E-state index in [9.17, 15) is 8.42 Å². The van der Waals surface area contributed by atoms with Gasteiger partial charge in [-0.25, -0.2) is 13.6 Å². The van der Waals surface area contributed by atoms with E-state index < -0.39 is 10.0 Å². The summed E-state index contributed by atoms with van der Waals surface area (Å²) in [6.07, 6.45) is 1.44. The molecule has 0 atom stereocenters. The molecule has 102 valence electrons. The first-order valence-electron chi connectivity index (χ1n) is 5.58. The molecule has 1 heterocycles. The maximum absolute atomic E-state index is 11.1. The Morgan fingerprint density at radius 3 is 2.55 bits per heavy atom. The molecule has 0 aliphatic heterocycles. The number of nitrogens with two attached hydrogens (primary N) is 1. The summed E-state index contributed by atoms with van der Waals surface area (Å²) in [7, 11) is -3.68. The number of nitriles is 1. The van der Waals surface area contributed by atoms with Crippen LogP contribution in [0.5, 0.6) is 0 Å². The molecule has 0 radical (unpaired) electrons. The molecule has 0 saturated heterocycles. The highest BCUT2D eigenvalue weighted by molar-refractivity contribution is 7.89. The van der Waals surface area contributed by atoms with Crippen LogP contribution in [-0.4, -0.2) is 18.6 Å². The fourth-order valence-electron chi connectivity index (χ4n) is 1.54. The summed E-state index contributed by atoms with van der Waals surface area (Å²) in [5.74, 6) is 0.380. The molecule has 8 heteroatoms. The molecule has 0 aliphatic carbocycles. The quantitative estimate of drug-likeness (QED) is 0.850. The molecule has 0 saturated carbocycles. The minimum absolute atomic E-state index is 0.0541. The van der Waals surface area contributed by atoms with Gasteiger partial charge in [0.1, 0.15) is 6.07 Å². The van der Waals surface area contributed by atoms with Crippen molar-refractivity contribution in [3.05, 3.63) is 47.7 Å². The number of hydrogen-bond acceptors (Lipinski definition) is 6. The Balaban J connectivity index is 2.10. The minimum atomic E-state index is -3.68. The van der Waals surface area contributed by atoms with Gasteiger partial charge >= 0.3 is 0 Å². The zero-order chi connectivity index (χ0) is 14.6. The minimum Gasteiger partial charge on any atom is -0.363 e. The first kappa shape index (κ1) is 13.9. The van der Waals surface area contributed by atoms with Crippen LogP contribution in [0.25, 0.3) is 0 Å². The maximum atomic E-state index is 11.1.